The molecule has 2 rings (SSSR count). The molecule has 4 heteroatoms. The Morgan fingerprint density at radius 1 is 1.32 bits per heavy atom. The molecule has 0 spiro atoms. The summed E-state index contributed by atoms with van der Waals surface area (Å²) in [6, 6.07) is 0. The molecule has 1 amide bonds. The van der Waals surface area contributed by atoms with Gasteiger partial charge in [-0.3, -0.25) is 9.59 Å². The van der Waals surface area contributed by atoms with Crippen LogP contribution in [0.25, 0.3) is 0 Å². The number of hydrogen-bond acceptors (Lipinski definition) is 3. The lowest BCUT2D eigenvalue weighted by Crippen LogP contribution is -2.31. The van der Waals surface area contributed by atoms with Gasteiger partial charge in [-0.15, -0.1) is 0 Å². The molecule has 0 unspecified atom stereocenters. The van der Waals surface area contributed by atoms with Crippen molar-refractivity contribution in [2.24, 2.45) is 5.41 Å². The second kappa shape index (κ2) is 5.76. The van der Waals surface area contributed by atoms with Gasteiger partial charge >= 0.3 is 0 Å². The fraction of sp³-hybridized carbons (Fsp3) is 0.733. The van der Waals surface area contributed by atoms with Crippen LogP contribution in [0.3, 0.4) is 0 Å². The lowest BCUT2D eigenvalue weighted by molar-refractivity contribution is -0.127. The average Bonchev–Trinajstić information content (AvgIpc) is 2.68. The molecule has 1 aliphatic heterocycles. The van der Waals surface area contributed by atoms with E-state index >= 15 is 0 Å². The largest absolute Gasteiger partial charge is 0.388 e. The molecule has 0 atom stereocenters. The molecule has 19 heavy (non-hydrogen) atoms. The van der Waals surface area contributed by atoms with Gasteiger partial charge in [0.05, 0.1) is 0 Å². The highest BCUT2D eigenvalue weighted by Gasteiger charge is 2.27. The summed E-state index contributed by atoms with van der Waals surface area (Å²) in [5.41, 5.74) is 1.12. The number of nitrogens with zero attached hydrogens (tertiary/aromatic N) is 1. The molecule has 0 bridgehead atoms. The van der Waals surface area contributed by atoms with Crippen LogP contribution in [0.2, 0.25) is 0 Å². The summed E-state index contributed by atoms with van der Waals surface area (Å²) in [7, 11) is 0. The highest BCUT2D eigenvalue weighted by Crippen LogP contribution is 2.32. The van der Waals surface area contributed by atoms with Crippen LogP contribution in [0.15, 0.2) is 11.8 Å². The van der Waals surface area contributed by atoms with Crippen molar-refractivity contribution < 1.29 is 9.59 Å². The molecule has 0 saturated carbocycles. The van der Waals surface area contributed by atoms with Crippen LogP contribution in [-0.2, 0) is 9.59 Å². The van der Waals surface area contributed by atoms with Crippen molar-refractivity contribution in [2.75, 3.05) is 19.6 Å². The van der Waals surface area contributed by atoms with Crippen molar-refractivity contribution in [1.82, 2.24) is 10.2 Å². The number of hydrogen-bond donors (Lipinski definition) is 1. The normalized spacial score (nSPS) is 22.6. The Hall–Kier alpha value is -1.32. The monoisotopic (exact) mass is 264 g/mol. The zero-order valence-electron chi connectivity index (χ0n) is 12.0. The highest BCUT2D eigenvalue weighted by atomic mass is 16.2. The van der Waals surface area contributed by atoms with E-state index < -0.39 is 0 Å². The summed E-state index contributed by atoms with van der Waals surface area (Å²) in [6.07, 6.45) is 5.97. The standard InChI is InChI=1S/C15H24N2O2/c1-15(2)10-12(9-13(18)11-15)16-6-4-8-17-7-3-5-14(17)19/h9,16H,3-8,10-11H2,1-2H3. The summed E-state index contributed by atoms with van der Waals surface area (Å²) >= 11 is 0. The van der Waals surface area contributed by atoms with E-state index in [1.165, 1.54) is 0 Å². The first-order chi connectivity index (χ1) is 8.96. The van der Waals surface area contributed by atoms with Gasteiger partial charge in [-0.1, -0.05) is 13.8 Å². The molecular formula is C15H24N2O2. The first kappa shape index (κ1) is 14.1. The number of ketones is 1. The first-order valence-electron chi connectivity index (χ1n) is 7.21. The van der Waals surface area contributed by atoms with Gasteiger partial charge in [0.25, 0.3) is 0 Å². The van der Waals surface area contributed by atoms with Crippen LogP contribution in [0, 0.1) is 5.41 Å². The van der Waals surface area contributed by atoms with Crippen molar-refractivity contribution in [3.63, 3.8) is 0 Å². The number of nitrogens with one attached hydrogen (secondary N) is 1. The van der Waals surface area contributed by atoms with E-state index in [0.717, 1.165) is 44.6 Å². The van der Waals surface area contributed by atoms with Gasteiger partial charge in [0.15, 0.2) is 5.78 Å². The summed E-state index contributed by atoms with van der Waals surface area (Å²) in [4.78, 5) is 25.0. The Kier molecular flexibility index (Phi) is 4.27. The van der Waals surface area contributed by atoms with Crippen LogP contribution < -0.4 is 5.32 Å². The Morgan fingerprint density at radius 2 is 2.11 bits per heavy atom. The van der Waals surface area contributed by atoms with Gasteiger partial charge in [-0.05, 0) is 24.7 Å². The maximum absolute atomic E-state index is 11.6. The van der Waals surface area contributed by atoms with Gasteiger partial charge in [-0.25, -0.2) is 0 Å². The molecule has 1 saturated heterocycles. The van der Waals surface area contributed by atoms with Crippen LogP contribution >= 0.6 is 0 Å². The Bertz CT molecular complexity index is 399. The molecule has 1 fully saturated rings. The van der Waals surface area contributed by atoms with Crippen molar-refractivity contribution in [3.05, 3.63) is 11.8 Å². The van der Waals surface area contributed by atoms with Gasteiger partial charge in [0.2, 0.25) is 5.91 Å². The first-order valence-corrected chi connectivity index (χ1v) is 7.21. The van der Waals surface area contributed by atoms with E-state index in [1.807, 2.05) is 4.90 Å². The second-order valence-corrected chi connectivity index (χ2v) is 6.42. The van der Waals surface area contributed by atoms with Crippen molar-refractivity contribution in [2.45, 2.75) is 46.0 Å². The Morgan fingerprint density at radius 3 is 2.74 bits per heavy atom. The molecule has 0 aromatic carbocycles. The lowest BCUT2D eigenvalue weighted by atomic mass is 9.79. The third-order valence-electron chi connectivity index (χ3n) is 3.79. The topological polar surface area (TPSA) is 49.4 Å². The number of amides is 1. The molecule has 0 aromatic heterocycles. The number of rotatable bonds is 5. The third kappa shape index (κ3) is 4.08. The summed E-state index contributed by atoms with van der Waals surface area (Å²) in [5, 5.41) is 3.35. The van der Waals surface area contributed by atoms with Gasteiger partial charge in [0.1, 0.15) is 0 Å². The number of carbonyl (C=O) groups excluding carboxylic acids is 2. The summed E-state index contributed by atoms with van der Waals surface area (Å²) in [6.45, 7) is 6.83. The fourth-order valence-corrected chi connectivity index (χ4v) is 2.92. The zero-order chi connectivity index (χ0) is 13.9. The van der Waals surface area contributed by atoms with E-state index in [0.29, 0.717) is 12.8 Å². The van der Waals surface area contributed by atoms with E-state index in [2.05, 4.69) is 19.2 Å². The predicted octanol–water partition coefficient (Wildman–Crippen LogP) is 1.86. The van der Waals surface area contributed by atoms with Crippen molar-refractivity contribution >= 4 is 11.7 Å². The molecule has 1 N–H and O–H groups in total. The van der Waals surface area contributed by atoms with Crippen molar-refractivity contribution in [1.29, 1.82) is 0 Å². The van der Waals surface area contributed by atoms with Crippen LogP contribution in [-0.4, -0.2) is 36.2 Å². The number of allylic oxidation sites excluding steroid dienone is 2. The molecule has 1 heterocycles. The average molecular weight is 264 g/mol. The summed E-state index contributed by atoms with van der Waals surface area (Å²) < 4.78 is 0. The van der Waals surface area contributed by atoms with Gasteiger partial charge in [-0.2, -0.15) is 0 Å². The van der Waals surface area contributed by atoms with E-state index in [1.54, 1.807) is 6.08 Å². The molecule has 106 valence electrons. The van der Waals surface area contributed by atoms with E-state index in [4.69, 9.17) is 0 Å². The lowest BCUT2D eigenvalue weighted by Gasteiger charge is -2.29. The number of likely N-dealkylation sites (tertiary alicyclic amines) is 1. The minimum Gasteiger partial charge on any atom is -0.388 e. The predicted molar refractivity (Wildman–Crippen MR) is 74.5 cm³/mol. The van der Waals surface area contributed by atoms with Crippen LogP contribution in [0.1, 0.15) is 46.0 Å². The Labute approximate surface area is 115 Å². The molecule has 0 radical (unpaired) electrons. The molecule has 0 aromatic rings. The molecular weight excluding hydrogens is 240 g/mol. The quantitative estimate of drug-likeness (QED) is 0.771. The van der Waals surface area contributed by atoms with Gasteiger partial charge < -0.3 is 10.2 Å². The number of carbonyl (C=O) groups is 2. The zero-order valence-corrected chi connectivity index (χ0v) is 12.0. The smallest absolute Gasteiger partial charge is 0.222 e. The highest BCUT2D eigenvalue weighted by molar-refractivity contribution is 5.91. The van der Waals surface area contributed by atoms with E-state index in [9.17, 15) is 9.59 Å². The fourth-order valence-electron chi connectivity index (χ4n) is 2.92. The molecule has 4 nitrogen and oxygen atoms in total. The van der Waals surface area contributed by atoms with Crippen LogP contribution in [0.5, 0.6) is 0 Å². The Balaban J connectivity index is 1.71. The maximum Gasteiger partial charge on any atom is 0.222 e. The minimum absolute atomic E-state index is 0.0685. The third-order valence-corrected chi connectivity index (χ3v) is 3.79. The second-order valence-electron chi connectivity index (χ2n) is 6.42. The SMILES string of the molecule is CC1(C)CC(=O)C=C(NCCCN2CCCC2=O)C1. The maximum atomic E-state index is 11.6. The van der Waals surface area contributed by atoms with Crippen LogP contribution in [0.4, 0.5) is 0 Å². The summed E-state index contributed by atoms with van der Waals surface area (Å²) in [5.74, 6) is 0.502. The van der Waals surface area contributed by atoms with Gasteiger partial charge in [0, 0.05) is 44.2 Å². The van der Waals surface area contributed by atoms with E-state index in [-0.39, 0.29) is 17.1 Å². The van der Waals surface area contributed by atoms with Crippen molar-refractivity contribution in [3.8, 4) is 0 Å². The molecule has 1 aliphatic carbocycles. The minimum atomic E-state index is 0.0685. The molecule has 2 aliphatic rings.